The van der Waals surface area contributed by atoms with Crippen molar-refractivity contribution < 1.29 is 2.74 Å². The van der Waals surface area contributed by atoms with Gasteiger partial charge < -0.3 is 9.97 Å². The summed E-state index contributed by atoms with van der Waals surface area (Å²) in [6, 6.07) is 16.3. The van der Waals surface area contributed by atoms with Crippen molar-refractivity contribution in [3.05, 3.63) is 60.6 Å². The maximum atomic E-state index is 7.65. The van der Waals surface area contributed by atoms with E-state index in [2.05, 4.69) is 22.1 Å². The molecule has 0 unspecified atom stereocenters. The Bertz CT molecular complexity index is 856. The highest BCUT2D eigenvalue weighted by Gasteiger charge is 2.05. The van der Waals surface area contributed by atoms with E-state index in [1.807, 2.05) is 24.3 Å². The van der Waals surface area contributed by atoms with Crippen LogP contribution >= 0.6 is 0 Å². The van der Waals surface area contributed by atoms with Crippen LogP contribution in [0.3, 0.4) is 0 Å². The fourth-order valence-corrected chi connectivity index (χ4v) is 2.32. The fraction of sp³-hybridized carbons (Fsp3) is 0. The number of rotatable bonds is 1. The molecular formula is C16H12N2. The Morgan fingerprint density at radius 3 is 1.72 bits per heavy atom. The smallest absolute Gasteiger partial charge is 0.0630 e. The van der Waals surface area contributed by atoms with Crippen molar-refractivity contribution >= 4 is 21.8 Å². The third-order valence-corrected chi connectivity index (χ3v) is 3.22. The molecule has 2 N–H and O–H groups in total. The summed E-state index contributed by atoms with van der Waals surface area (Å²) in [6.45, 7) is 0. The van der Waals surface area contributed by atoms with Crippen LogP contribution in [0.2, 0.25) is 0 Å². The molecule has 86 valence electrons. The number of H-pyrrole nitrogens is 2. The van der Waals surface area contributed by atoms with Crippen molar-refractivity contribution in [1.82, 2.24) is 9.97 Å². The first kappa shape index (κ1) is 7.77. The van der Waals surface area contributed by atoms with Crippen molar-refractivity contribution in [2.45, 2.75) is 0 Å². The lowest BCUT2D eigenvalue weighted by atomic mass is 10.2. The van der Waals surface area contributed by atoms with Gasteiger partial charge in [0.05, 0.1) is 14.1 Å². The zero-order valence-corrected chi connectivity index (χ0v) is 9.62. The molecule has 0 saturated carbocycles. The highest BCUT2D eigenvalue weighted by Crippen LogP contribution is 2.26. The van der Waals surface area contributed by atoms with Crippen LogP contribution in [0.4, 0.5) is 0 Å². The molecule has 2 heterocycles. The molecule has 0 spiro atoms. The zero-order chi connectivity index (χ0) is 13.7. The molecule has 2 aromatic heterocycles. The second kappa shape index (κ2) is 3.50. The number of aromatic amines is 2. The number of fused-ring (bicyclic) bond motifs is 2. The quantitative estimate of drug-likeness (QED) is 0.491. The van der Waals surface area contributed by atoms with E-state index in [1.165, 1.54) is 0 Å². The highest BCUT2D eigenvalue weighted by atomic mass is 14.8. The molecule has 0 radical (unpaired) electrons. The third kappa shape index (κ3) is 1.36. The van der Waals surface area contributed by atoms with Gasteiger partial charge in [0.2, 0.25) is 0 Å². The van der Waals surface area contributed by atoms with Gasteiger partial charge in [0.15, 0.2) is 0 Å². The summed E-state index contributed by atoms with van der Waals surface area (Å²) in [4.78, 5) is 6.66. The van der Waals surface area contributed by atoms with Gasteiger partial charge in [-0.05, 0) is 24.3 Å². The van der Waals surface area contributed by atoms with Crippen LogP contribution in [0.1, 0.15) is 2.74 Å². The van der Waals surface area contributed by atoms with Crippen molar-refractivity contribution in [3.63, 3.8) is 0 Å². The van der Waals surface area contributed by atoms with Crippen LogP contribution in [0.5, 0.6) is 0 Å². The van der Waals surface area contributed by atoms with E-state index in [1.54, 1.807) is 12.1 Å². The summed E-state index contributed by atoms with van der Waals surface area (Å²) in [7, 11) is 0. The molecule has 0 amide bonds. The van der Waals surface area contributed by atoms with E-state index in [0.717, 1.165) is 33.2 Å². The van der Waals surface area contributed by atoms with E-state index in [0.29, 0.717) is 12.1 Å². The number of aromatic nitrogens is 2. The minimum Gasteiger partial charge on any atom is -0.353 e. The molecule has 2 heteroatoms. The molecule has 0 bridgehead atoms. The van der Waals surface area contributed by atoms with Gasteiger partial charge in [0, 0.05) is 21.8 Å². The predicted octanol–water partition coefficient (Wildman–Crippen LogP) is 4.32. The molecule has 0 aliphatic heterocycles. The zero-order valence-electron chi connectivity index (χ0n) is 11.6. The Labute approximate surface area is 107 Å². The van der Waals surface area contributed by atoms with Gasteiger partial charge in [-0.3, -0.25) is 0 Å². The van der Waals surface area contributed by atoms with Gasteiger partial charge in [-0.2, -0.15) is 0 Å². The predicted molar refractivity (Wildman–Crippen MR) is 75.6 cm³/mol. The fourth-order valence-electron chi connectivity index (χ4n) is 2.32. The van der Waals surface area contributed by atoms with Crippen molar-refractivity contribution in [2.75, 3.05) is 0 Å². The Morgan fingerprint density at radius 2 is 1.22 bits per heavy atom. The van der Waals surface area contributed by atoms with Crippen LogP contribution in [-0.4, -0.2) is 9.97 Å². The van der Waals surface area contributed by atoms with Crippen molar-refractivity contribution in [1.29, 1.82) is 0 Å². The van der Waals surface area contributed by atoms with E-state index in [4.69, 9.17) is 2.74 Å². The summed E-state index contributed by atoms with van der Waals surface area (Å²) in [5.41, 5.74) is 3.92. The van der Waals surface area contributed by atoms with Gasteiger partial charge in [0.1, 0.15) is 0 Å². The molecule has 4 rings (SSSR count). The van der Waals surface area contributed by atoms with E-state index < -0.39 is 0 Å². The summed E-state index contributed by atoms with van der Waals surface area (Å²) in [6.07, 6.45) is 0. The normalized spacial score (nSPS) is 12.9. The standard InChI is InChI=1S/C16H12N2/c1-3-7-13-11(5-1)9-15(17-13)16-10-12-6-2-4-8-14(12)18-16/h1-10,17-18H/i3D,4D. The lowest BCUT2D eigenvalue weighted by molar-refractivity contribution is 1.38. The lowest BCUT2D eigenvalue weighted by Crippen LogP contribution is -1.74. The molecular weight excluding hydrogens is 220 g/mol. The van der Waals surface area contributed by atoms with E-state index in [-0.39, 0.29) is 0 Å². The Kier molecular flexibility index (Phi) is 1.51. The van der Waals surface area contributed by atoms with Crippen LogP contribution in [-0.2, 0) is 0 Å². The molecule has 0 aliphatic rings. The number of para-hydroxylation sites is 2. The summed E-state index contributed by atoms with van der Waals surface area (Å²) in [5.74, 6) is 0. The Hall–Kier alpha value is -2.48. The van der Waals surface area contributed by atoms with Gasteiger partial charge in [0.25, 0.3) is 0 Å². The Morgan fingerprint density at radius 1 is 0.722 bits per heavy atom. The number of hydrogen-bond acceptors (Lipinski definition) is 0. The lowest BCUT2D eigenvalue weighted by Gasteiger charge is -1.90. The molecule has 2 aromatic carbocycles. The first-order valence-electron chi connectivity index (χ1n) is 6.88. The topological polar surface area (TPSA) is 31.6 Å². The van der Waals surface area contributed by atoms with Crippen LogP contribution in [0.25, 0.3) is 33.2 Å². The molecule has 2 nitrogen and oxygen atoms in total. The van der Waals surface area contributed by atoms with E-state index in [9.17, 15) is 0 Å². The second-order valence-corrected chi connectivity index (χ2v) is 4.39. The second-order valence-electron chi connectivity index (χ2n) is 4.39. The van der Waals surface area contributed by atoms with Crippen molar-refractivity contribution in [3.8, 4) is 11.4 Å². The maximum absolute atomic E-state index is 7.65. The highest BCUT2D eigenvalue weighted by molar-refractivity contribution is 5.89. The molecule has 4 aromatic rings. The maximum Gasteiger partial charge on any atom is 0.0630 e. The first-order chi connectivity index (χ1) is 9.69. The largest absolute Gasteiger partial charge is 0.353 e. The summed E-state index contributed by atoms with van der Waals surface area (Å²) < 4.78 is 15.3. The molecule has 0 fully saturated rings. The van der Waals surface area contributed by atoms with Gasteiger partial charge >= 0.3 is 0 Å². The van der Waals surface area contributed by atoms with Crippen LogP contribution < -0.4 is 0 Å². The van der Waals surface area contributed by atoms with Crippen LogP contribution in [0, 0.1) is 0 Å². The van der Waals surface area contributed by atoms with Crippen molar-refractivity contribution in [2.24, 2.45) is 0 Å². The average Bonchev–Trinajstić information content (AvgIpc) is 3.00. The molecule has 0 atom stereocenters. The minimum atomic E-state index is 0.501. The average molecular weight is 234 g/mol. The molecule has 18 heavy (non-hydrogen) atoms. The summed E-state index contributed by atoms with van der Waals surface area (Å²) >= 11 is 0. The molecule has 0 aliphatic carbocycles. The van der Waals surface area contributed by atoms with Gasteiger partial charge in [-0.1, -0.05) is 36.4 Å². The number of benzene rings is 2. The summed E-state index contributed by atoms with van der Waals surface area (Å²) in [5, 5.41) is 2.19. The first-order valence-corrected chi connectivity index (χ1v) is 5.88. The van der Waals surface area contributed by atoms with Crippen LogP contribution in [0.15, 0.2) is 60.6 Å². The monoisotopic (exact) mass is 234 g/mol. The third-order valence-electron chi connectivity index (χ3n) is 3.22. The minimum absolute atomic E-state index is 0.501. The van der Waals surface area contributed by atoms with Gasteiger partial charge in [-0.15, -0.1) is 0 Å². The van der Waals surface area contributed by atoms with Gasteiger partial charge in [-0.25, -0.2) is 0 Å². The Balaban J connectivity index is 1.91. The number of hydrogen-bond donors (Lipinski definition) is 2. The van der Waals surface area contributed by atoms with E-state index >= 15 is 0 Å². The molecule has 0 saturated heterocycles. The SMILES string of the molecule is [2H]c1ccc2cc(-c3cc4ccc([2H])cc4[nH]3)[nH]c2c1. The number of nitrogens with one attached hydrogen (secondary N) is 2.